The van der Waals surface area contributed by atoms with Crippen molar-refractivity contribution in [3.63, 3.8) is 0 Å². The van der Waals surface area contributed by atoms with Gasteiger partial charge in [-0.2, -0.15) is 5.10 Å². The van der Waals surface area contributed by atoms with E-state index in [1.54, 1.807) is 13.3 Å². The topological polar surface area (TPSA) is 39.1 Å². The molecule has 0 saturated carbocycles. The minimum Gasteiger partial charge on any atom is -0.493 e. The molecule has 1 unspecified atom stereocenters. The SMILES string of the molecule is CCCNC(c1cc(C)ccc1Br)c1c(OC)cnn1C. The number of hydrogen-bond donors (Lipinski definition) is 1. The molecule has 1 atom stereocenters. The first-order valence-electron chi connectivity index (χ1n) is 7.13. The normalized spacial score (nSPS) is 12.4. The zero-order chi connectivity index (χ0) is 15.4. The van der Waals surface area contributed by atoms with Gasteiger partial charge in [-0.15, -0.1) is 0 Å². The van der Waals surface area contributed by atoms with Crippen LogP contribution in [0.1, 0.15) is 36.2 Å². The van der Waals surface area contributed by atoms with Gasteiger partial charge in [0.2, 0.25) is 0 Å². The molecule has 0 saturated heterocycles. The standard InChI is InChI=1S/C16H22BrN3O/c1-5-8-18-15(12-9-11(2)6-7-13(12)17)16-14(21-4)10-19-20(16)3/h6-7,9-10,15,18H,5,8H2,1-4H3. The zero-order valence-corrected chi connectivity index (χ0v) is 14.6. The van der Waals surface area contributed by atoms with Crippen LogP contribution in [0.15, 0.2) is 28.9 Å². The van der Waals surface area contributed by atoms with Crippen molar-refractivity contribution in [2.75, 3.05) is 13.7 Å². The fourth-order valence-corrected chi connectivity index (χ4v) is 2.92. The van der Waals surface area contributed by atoms with Crippen LogP contribution >= 0.6 is 15.9 Å². The van der Waals surface area contributed by atoms with Crippen LogP contribution in [0.3, 0.4) is 0 Å². The molecule has 1 N–H and O–H groups in total. The van der Waals surface area contributed by atoms with Gasteiger partial charge in [0.25, 0.3) is 0 Å². The summed E-state index contributed by atoms with van der Waals surface area (Å²) in [5.74, 6) is 0.805. The molecule has 0 aliphatic rings. The number of hydrogen-bond acceptors (Lipinski definition) is 3. The summed E-state index contributed by atoms with van der Waals surface area (Å²) in [7, 11) is 3.63. The van der Waals surface area contributed by atoms with Gasteiger partial charge in [0.05, 0.1) is 19.3 Å². The highest BCUT2D eigenvalue weighted by atomic mass is 79.9. The van der Waals surface area contributed by atoms with Gasteiger partial charge in [-0.05, 0) is 31.5 Å². The maximum Gasteiger partial charge on any atom is 0.161 e. The van der Waals surface area contributed by atoms with E-state index in [-0.39, 0.29) is 6.04 Å². The molecular weight excluding hydrogens is 330 g/mol. The molecule has 5 heteroatoms. The van der Waals surface area contributed by atoms with Gasteiger partial charge in [0.15, 0.2) is 5.75 Å². The van der Waals surface area contributed by atoms with Crippen molar-refractivity contribution >= 4 is 15.9 Å². The Balaban J connectivity index is 2.52. The van der Waals surface area contributed by atoms with Crippen molar-refractivity contribution in [2.45, 2.75) is 26.3 Å². The Hall–Kier alpha value is -1.33. The summed E-state index contributed by atoms with van der Waals surface area (Å²) >= 11 is 3.67. The molecule has 0 bridgehead atoms. The average molecular weight is 352 g/mol. The van der Waals surface area contributed by atoms with Gasteiger partial charge in [0, 0.05) is 11.5 Å². The van der Waals surface area contributed by atoms with Crippen molar-refractivity contribution in [2.24, 2.45) is 7.05 Å². The first-order valence-corrected chi connectivity index (χ1v) is 7.93. The van der Waals surface area contributed by atoms with Crippen LogP contribution in [0.25, 0.3) is 0 Å². The van der Waals surface area contributed by atoms with Crippen molar-refractivity contribution in [1.29, 1.82) is 0 Å². The van der Waals surface area contributed by atoms with Gasteiger partial charge in [-0.3, -0.25) is 4.68 Å². The summed E-state index contributed by atoms with van der Waals surface area (Å²) in [6.07, 6.45) is 2.83. The average Bonchev–Trinajstić information content (AvgIpc) is 2.84. The number of nitrogens with one attached hydrogen (secondary N) is 1. The Labute approximate surface area is 134 Å². The molecule has 1 aromatic heterocycles. The second-order valence-corrected chi connectivity index (χ2v) is 5.99. The maximum atomic E-state index is 5.48. The summed E-state index contributed by atoms with van der Waals surface area (Å²) in [6.45, 7) is 5.20. The Bertz CT molecular complexity index is 610. The third-order valence-corrected chi connectivity index (χ3v) is 4.23. The molecule has 0 aliphatic carbocycles. The molecule has 1 aromatic carbocycles. The lowest BCUT2D eigenvalue weighted by molar-refractivity contribution is 0.400. The molecule has 2 rings (SSSR count). The number of nitrogens with zero attached hydrogens (tertiary/aromatic N) is 2. The third kappa shape index (κ3) is 3.47. The van der Waals surface area contributed by atoms with Crippen LogP contribution in [0.5, 0.6) is 5.75 Å². The fourth-order valence-electron chi connectivity index (χ4n) is 2.44. The highest BCUT2D eigenvalue weighted by molar-refractivity contribution is 9.10. The van der Waals surface area contributed by atoms with Gasteiger partial charge in [-0.25, -0.2) is 0 Å². The number of aryl methyl sites for hydroxylation is 2. The second kappa shape index (κ2) is 7.09. The molecule has 21 heavy (non-hydrogen) atoms. The summed E-state index contributed by atoms with van der Waals surface area (Å²) in [4.78, 5) is 0. The molecule has 0 radical (unpaired) electrons. The molecule has 1 heterocycles. The number of rotatable bonds is 6. The number of aromatic nitrogens is 2. The van der Waals surface area contributed by atoms with E-state index in [0.717, 1.165) is 28.9 Å². The third-order valence-electron chi connectivity index (χ3n) is 3.50. The monoisotopic (exact) mass is 351 g/mol. The van der Waals surface area contributed by atoms with Crippen molar-refractivity contribution in [3.05, 3.63) is 45.7 Å². The van der Waals surface area contributed by atoms with E-state index >= 15 is 0 Å². The van der Waals surface area contributed by atoms with E-state index in [1.807, 2.05) is 11.7 Å². The summed E-state index contributed by atoms with van der Waals surface area (Å²) in [5.41, 5.74) is 3.47. The second-order valence-electron chi connectivity index (χ2n) is 5.13. The molecule has 114 valence electrons. The molecule has 0 spiro atoms. The lowest BCUT2D eigenvalue weighted by Gasteiger charge is -2.22. The van der Waals surface area contributed by atoms with E-state index in [1.165, 1.54) is 11.1 Å². The quantitative estimate of drug-likeness (QED) is 0.864. The number of ether oxygens (including phenoxy) is 1. The van der Waals surface area contributed by atoms with E-state index in [2.05, 4.69) is 58.4 Å². The minimum atomic E-state index is 0.0432. The predicted molar refractivity (Wildman–Crippen MR) is 88.8 cm³/mol. The van der Waals surface area contributed by atoms with E-state index in [9.17, 15) is 0 Å². The predicted octanol–water partition coefficient (Wildman–Crippen LogP) is 3.59. The van der Waals surface area contributed by atoms with Gasteiger partial charge in [-0.1, -0.05) is 40.5 Å². The molecule has 0 aliphatic heterocycles. The lowest BCUT2D eigenvalue weighted by atomic mass is 10.0. The van der Waals surface area contributed by atoms with Gasteiger partial charge >= 0.3 is 0 Å². The highest BCUT2D eigenvalue weighted by Crippen LogP contribution is 2.33. The van der Waals surface area contributed by atoms with E-state index in [0.29, 0.717) is 0 Å². The van der Waals surface area contributed by atoms with Crippen molar-refractivity contribution in [3.8, 4) is 5.75 Å². The number of halogens is 1. The molecular formula is C16H22BrN3O. The van der Waals surface area contributed by atoms with Gasteiger partial charge in [0.1, 0.15) is 5.69 Å². The smallest absolute Gasteiger partial charge is 0.161 e. The van der Waals surface area contributed by atoms with Crippen LogP contribution in [-0.4, -0.2) is 23.4 Å². The Morgan fingerprint density at radius 3 is 2.86 bits per heavy atom. The molecule has 4 nitrogen and oxygen atoms in total. The number of methoxy groups -OCH3 is 1. The highest BCUT2D eigenvalue weighted by Gasteiger charge is 2.23. The zero-order valence-electron chi connectivity index (χ0n) is 13.0. The first kappa shape index (κ1) is 16.0. The lowest BCUT2D eigenvalue weighted by Crippen LogP contribution is -2.26. The van der Waals surface area contributed by atoms with Crippen molar-refractivity contribution < 1.29 is 4.74 Å². The van der Waals surface area contributed by atoms with Crippen LogP contribution in [0.4, 0.5) is 0 Å². The minimum absolute atomic E-state index is 0.0432. The Morgan fingerprint density at radius 2 is 2.19 bits per heavy atom. The largest absolute Gasteiger partial charge is 0.493 e. The fraction of sp³-hybridized carbons (Fsp3) is 0.438. The number of benzene rings is 1. The molecule has 2 aromatic rings. The van der Waals surface area contributed by atoms with E-state index < -0.39 is 0 Å². The maximum absolute atomic E-state index is 5.48. The van der Waals surface area contributed by atoms with Crippen LogP contribution in [0, 0.1) is 6.92 Å². The summed E-state index contributed by atoms with van der Waals surface area (Å²) in [6, 6.07) is 6.44. The van der Waals surface area contributed by atoms with Gasteiger partial charge < -0.3 is 10.1 Å². The molecule has 0 amide bonds. The van der Waals surface area contributed by atoms with Crippen molar-refractivity contribution in [1.82, 2.24) is 15.1 Å². The molecule has 0 fully saturated rings. The Morgan fingerprint density at radius 1 is 1.43 bits per heavy atom. The summed E-state index contributed by atoms with van der Waals surface area (Å²) in [5, 5.41) is 7.93. The Kier molecular flexibility index (Phi) is 5.42. The van der Waals surface area contributed by atoms with Crippen LogP contribution in [-0.2, 0) is 7.05 Å². The van der Waals surface area contributed by atoms with Crippen LogP contribution in [0.2, 0.25) is 0 Å². The summed E-state index contributed by atoms with van der Waals surface area (Å²) < 4.78 is 8.44. The van der Waals surface area contributed by atoms with E-state index in [4.69, 9.17) is 4.74 Å². The first-order chi connectivity index (χ1) is 10.1. The van der Waals surface area contributed by atoms with Crippen LogP contribution < -0.4 is 10.1 Å².